The van der Waals surface area contributed by atoms with Gasteiger partial charge in [0.1, 0.15) is 0 Å². The van der Waals surface area contributed by atoms with Crippen molar-refractivity contribution in [3.05, 3.63) is 35.4 Å². The molecule has 0 saturated heterocycles. The molecule has 1 aromatic rings. The van der Waals surface area contributed by atoms with Gasteiger partial charge in [-0.25, -0.2) is 0 Å². The predicted octanol–water partition coefficient (Wildman–Crippen LogP) is 1.92. The topological polar surface area (TPSA) is 54.9 Å². The second-order valence-electron chi connectivity index (χ2n) is 4.60. The van der Waals surface area contributed by atoms with Crippen LogP contribution in [0.5, 0.6) is 0 Å². The van der Waals surface area contributed by atoms with Crippen LogP contribution in [0.3, 0.4) is 0 Å². The quantitative estimate of drug-likeness (QED) is 0.415. The van der Waals surface area contributed by atoms with Gasteiger partial charge in [0, 0.05) is 40.5 Å². The molecule has 1 rings (SSSR count). The SMILES string of the molecule is CCOCCCNC(=NC)NCc1ccccc1COC. The summed E-state index contributed by atoms with van der Waals surface area (Å²) in [6.45, 7) is 5.74. The number of methoxy groups -OCH3 is 1. The van der Waals surface area contributed by atoms with Gasteiger partial charge in [-0.1, -0.05) is 24.3 Å². The number of guanidine groups is 1. The maximum atomic E-state index is 5.31. The molecule has 0 spiro atoms. The molecule has 21 heavy (non-hydrogen) atoms. The Hall–Kier alpha value is -1.59. The van der Waals surface area contributed by atoms with Crippen molar-refractivity contribution < 1.29 is 9.47 Å². The number of ether oxygens (including phenoxy) is 2. The van der Waals surface area contributed by atoms with Crippen molar-refractivity contribution in [2.24, 2.45) is 4.99 Å². The van der Waals surface area contributed by atoms with Crippen LogP contribution < -0.4 is 10.6 Å². The number of hydrogen-bond acceptors (Lipinski definition) is 3. The Bertz CT molecular complexity index is 422. The van der Waals surface area contributed by atoms with Crippen molar-refractivity contribution in [1.29, 1.82) is 0 Å². The zero-order valence-electron chi connectivity index (χ0n) is 13.3. The summed E-state index contributed by atoms with van der Waals surface area (Å²) in [6, 6.07) is 8.25. The summed E-state index contributed by atoms with van der Waals surface area (Å²) < 4.78 is 10.5. The van der Waals surface area contributed by atoms with E-state index in [4.69, 9.17) is 9.47 Å². The van der Waals surface area contributed by atoms with E-state index >= 15 is 0 Å². The molecule has 1 aromatic carbocycles. The predicted molar refractivity (Wildman–Crippen MR) is 86.5 cm³/mol. The maximum absolute atomic E-state index is 5.31. The summed E-state index contributed by atoms with van der Waals surface area (Å²) in [6.07, 6.45) is 0.967. The molecule has 0 heterocycles. The third kappa shape index (κ3) is 7.11. The van der Waals surface area contributed by atoms with Crippen molar-refractivity contribution in [3.8, 4) is 0 Å². The monoisotopic (exact) mass is 293 g/mol. The molecule has 0 aromatic heterocycles. The standard InChI is InChI=1S/C16H27N3O2/c1-4-21-11-7-10-18-16(17-2)19-12-14-8-5-6-9-15(14)13-20-3/h5-6,8-9H,4,7,10-13H2,1-3H3,(H2,17,18,19). The van der Waals surface area contributed by atoms with Crippen LogP contribution in [0, 0.1) is 0 Å². The Morgan fingerprint density at radius 3 is 2.62 bits per heavy atom. The number of rotatable bonds is 9. The van der Waals surface area contributed by atoms with Crippen molar-refractivity contribution in [1.82, 2.24) is 10.6 Å². The van der Waals surface area contributed by atoms with E-state index in [1.54, 1.807) is 14.2 Å². The number of nitrogens with zero attached hydrogens (tertiary/aromatic N) is 1. The molecule has 0 amide bonds. The Morgan fingerprint density at radius 1 is 1.19 bits per heavy atom. The molecular formula is C16H27N3O2. The summed E-state index contributed by atoms with van der Waals surface area (Å²) in [5.74, 6) is 0.804. The summed E-state index contributed by atoms with van der Waals surface area (Å²) >= 11 is 0. The number of benzene rings is 1. The Labute approximate surface area is 127 Å². The van der Waals surface area contributed by atoms with Crippen LogP contribution in [-0.4, -0.2) is 39.9 Å². The molecule has 0 atom stereocenters. The smallest absolute Gasteiger partial charge is 0.191 e. The number of nitrogens with one attached hydrogen (secondary N) is 2. The lowest BCUT2D eigenvalue weighted by molar-refractivity contribution is 0.145. The first kappa shape index (κ1) is 17.5. The van der Waals surface area contributed by atoms with Crippen LogP contribution >= 0.6 is 0 Å². The lowest BCUT2D eigenvalue weighted by Crippen LogP contribution is -2.37. The third-order valence-electron chi connectivity index (χ3n) is 3.05. The fourth-order valence-electron chi connectivity index (χ4n) is 1.95. The van der Waals surface area contributed by atoms with E-state index in [-0.39, 0.29) is 0 Å². The lowest BCUT2D eigenvalue weighted by Gasteiger charge is -2.14. The van der Waals surface area contributed by atoms with Gasteiger partial charge in [0.25, 0.3) is 0 Å². The summed E-state index contributed by atoms with van der Waals surface area (Å²) in [5, 5.41) is 6.60. The largest absolute Gasteiger partial charge is 0.382 e. The van der Waals surface area contributed by atoms with E-state index < -0.39 is 0 Å². The van der Waals surface area contributed by atoms with Crippen LogP contribution in [0.4, 0.5) is 0 Å². The van der Waals surface area contributed by atoms with Gasteiger partial charge in [0.2, 0.25) is 0 Å². The van der Waals surface area contributed by atoms with Crippen LogP contribution in [0.25, 0.3) is 0 Å². The van der Waals surface area contributed by atoms with Gasteiger partial charge in [-0.2, -0.15) is 0 Å². The second kappa shape index (κ2) is 11.1. The average Bonchev–Trinajstić information content (AvgIpc) is 2.51. The van der Waals surface area contributed by atoms with Gasteiger partial charge in [-0.3, -0.25) is 4.99 Å². The molecule has 2 N–H and O–H groups in total. The van der Waals surface area contributed by atoms with E-state index in [0.29, 0.717) is 6.61 Å². The molecule has 0 aliphatic rings. The molecule has 0 saturated carbocycles. The highest BCUT2D eigenvalue weighted by atomic mass is 16.5. The lowest BCUT2D eigenvalue weighted by atomic mass is 10.1. The highest BCUT2D eigenvalue weighted by Crippen LogP contribution is 2.09. The Kier molecular flexibility index (Phi) is 9.24. The maximum Gasteiger partial charge on any atom is 0.191 e. The van der Waals surface area contributed by atoms with Crippen LogP contribution in [-0.2, 0) is 22.6 Å². The zero-order chi connectivity index (χ0) is 15.3. The van der Waals surface area contributed by atoms with E-state index in [0.717, 1.165) is 38.7 Å². The number of aliphatic imine (C=N–C) groups is 1. The van der Waals surface area contributed by atoms with Gasteiger partial charge < -0.3 is 20.1 Å². The van der Waals surface area contributed by atoms with Gasteiger partial charge in [-0.15, -0.1) is 0 Å². The molecule has 0 unspecified atom stereocenters. The van der Waals surface area contributed by atoms with Gasteiger partial charge in [-0.05, 0) is 24.5 Å². The average molecular weight is 293 g/mol. The molecule has 0 fully saturated rings. The van der Waals surface area contributed by atoms with Crippen LogP contribution in [0.15, 0.2) is 29.3 Å². The molecule has 5 heteroatoms. The minimum atomic E-state index is 0.623. The van der Waals surface area contributed by atoms with E-state index in [1.807, 2.05) is 19.1 Å². The second-order valence-corrected chi connectivity index (χ2v) is 4.60. The Morgan fingerprint density at radius 2 is 1.95 bits per heavy atom. The van der Waals surface area contributed by atoms with Gasteiger partial charge in [0.15, 0.2) is 5.96 Å². The minimum absolute atomic E-state index is 0.623. The first-order chi connectivity index (χ1) is 10.3. The first-order valence-corrected chi connectivity index (χ1v) is 7.39. The molecule has 0 radical (unpaired) electrons. The molecule has 118 valence electrons. The van der Waals surface area contributed by atoms with Gasteiger partial charge >= 0.3 is 0 Å². The van der Waals surface area contributed by atoms with Gasteiger partial charge in [0.05, 0.1) is 6.61 Å². The summed E-state index contributed by atoms with van der Waals surface area (Å²) in [4.78, 5) is 4.22. The molecule has 0 bridgehead atoms. The highest BCUT2D eigenvalue weighted by Gasteiger charge is 2.03. The minimum Gasteiger partial charge on any atom is -0.382 e. The van der Waals surface area contributed by atoms with Crippen molar-refractivity contribution >= 4 is 5.96 Å². The molecule has 5 nitrogen and oxygen atoms in total. The fourth-order valence-corrected chi connectivity index (χ4v) is 1.95. The molecular weight excluding hydrogens is 266 g/mol. The normalized spacial score (nSPS) is 11.5. The van der Waals surface area contributed by atoms with E-state index in [2.05, 4.69) is 27.8 Å². The van der Waals surface area contributed by atoms with Crippen molar-refractivity contribution in [2.45, 2.75) is 26.5 Å². The fraction of sp³-hybridized carbons (Fsp3) is 0.562. The summed E-state index contributed by atoms with van der Waals surface area (Å²) in [5.41, 5.74) is 2.41. The van der Waals surface area contributed by atoms with Crippen LogP contribution in [0.2, 0.25) is 0 Å². The first-order valence-electron chi connectivity index (χ1n) is 7.39. The van der Waals surface area contributed by atoms with Crippen LogP contribution in [0.1, 0.15) is 24.5 Å². The zero-order valence-corrected chi connectivity index (χ0v) is 13.3. The molecule has 0 aliphatic heterocycles. The van der Waals surface area contributed by atoms with E-state index in [1.165, 1.54) is 11.1 Å². The Balaban J connectivity index is 2.38. The van der Waals surface area contributed by atoms with E-state index in [9.17, 15) is 0 Å². The van der Waals surface area contributed by atoms with Crippen molar-refractivity contribution in [2.75, 3.05) is 33.9 Å². The highest BCUT2D eigenvalue weighted by molar-refractivity contribution is 5.79. The molecule has 0 aliphatic carbocycles. The number of hydrogen-bond donors (Lipinski definition) is 2. The van der Waals surface area contributed by atoms with Crippen molar-refractivity contribution in [3.63, 3.8) is 0 Å². The third-order valence-corrected chi connectivity index (χ3v) is 3.05. The summed E-state index contributed by atoms with van der Waals surface area (Å²) in [7, 11) is 3.49.